The van der Waals surface area contributed by atoms with Crippen molar-refractivity contribution in [1.82, 2.24) is 10.1 Å². The molecule has 1 heterocycles. The zero-order chi connectivity index (χ0) is 16.2. The van der Waals surface area contributed by atoms with E-state index in [1.54, 1.807) is 0 Å². The highest BCUT2D eigenvalue weighted by Crippen LogP contribution is 2.20. The molecule has 1 unspecified atom stereocenters. The monoisotopic (exact) mass is 326 g/mol. The van der Waals surface area contributed by atoms with Crippen LogP contribution in [0.1, 0.15) is 22.6 Å². The minimum atomic E-state index is -1.07. The number of benzene rings is 2. The van der Waals surface area contributed by atoms with Crippen molar-refractivity contribution in [3.8, 4) is 11.4 Å². The van der Waals surface area contributed by atoms with Crippen LogP contribution in [0.4, 0.5) is 0 Å². The van der Waals surface area contributed by atoms with Crippen molar-refractivity contribution in [3.63, 3.8) is 0 Å². The van der Waals surface area contributed by atoms with Gasteiger partial charge in [-0.05, 0) is 25.0 Å². The minimum Gasteiger partial charge on any atom is -0.338 e. The van der Waals surface area contributed by atoms with Crippen LogP contribution < -0.4 is 0 Å². The summed E-state index contributed by atoms with van der Waals surface area (Å²) < 4.78 is 17.5. The number of rotatable bonds is 5. The Bertz CT molecular complexity index is 842. The van der Waals surface area contributed by atoms with Crippen LogP contribution >= 0.6 is 0 Å². The van der Waals surface area contributed by atoms with Gasteiger partial charge in [0.05, 0.1) is 0 Å². The normalized spacial score (nSPS) is 12.3. The third kappa shape index (κ3) is 3.93. The highest BCUT2D eigenvalue weighted by Gasteiger charge is 2.13. The number of nitrogens with zero attached hydrogens (tertiary/aromatic N) is 2. The summed E-state index contributed by atoms with van der Waals surface area (Å²) in [6, 6.07) is 15.9. The second-order valence-corrected chi connectivity index (χ2v) is 7.00. The van der Waals surface area contributed by atoms with E-state index in [1.807, 2.05) is 62.4 Å². The molecule has 118 valence electrons. The zero-order valence-electron chi connectivity index (χ0n) is 13.2. The fraction of sp³-hybridized carbons (Fsp3) is 0.222. The van der Waals surface area contributed by atoms with Gasteiger partial charge in [-0.25, -0.2) is 0 Å². The van der Waals surface area contributed by atoms with Gasteiger partial charge in [0.2, 0.25) is 11.7 Å². The first kappa shape index (κ1) is 15.6. The van der Waals surface area contributed by atoms with Crippen LogP contribution in [0.5, 0.6) is 0 Å². The third-order valence-electron chi connectivity index (χ3n) is 3.55. The average Bonchev–Trinajstić information content (AvgIpc) is 2.95. The zero-order valence-corrected chi connectivity index (χ0v) is 14.0. The number of hydrogen-bond acceptors (Lipinski definition) is 4. The Morgan fingerprint density at radius 2 is 1.87 bits per heavy atom. The molecule has 0 radical (unpaired) electrons. The Kier molecular flexibility index (Phi) is 4.67. The van der Waals surface area contributed by atoms with E-state index < -0.39 is 10.8 Å². The molecule has 0 fully saturated rings. The molecule has 1 aromatic heterocycles. The minimum absolute atomic E-state index is 0.271. The molecule has 4 nitrogen and oxygen atoms in total. The molecule has 0 N–H and O–H groups in total. The van der Waals surface area contributed by atoms with Crippen LogP contribution in [0.25, 0.3) is 11.4 Å². The molecule has 3 rings (SSSR count). The molecule has 0 amide bonds. The van der Waals surface area contributed by atoms with Gasteiger partial charge in [-0.3, -0.25) is 4.21 Å². The van der Waals surface area contributed by atoms with Gasteiger partial charge in [-0.15, -0.1) is 0 Å². The van der Waals surface area contributed by atoms with E-state index in [-0.39, 0.29) is 5.75 Å². The van der Waals surface area contributed by atoms with Crippen molar-refractivity contribution in [3.05, 3.63) is 71.1 Å². The van der Waals surface area contributed by atoms with Gasteiger partial charge in [0, 0.05) is 22.1 Å². The van der Waals surface area contributed by atoms with Gasteiger partial charge < -0.3 is 4.52 Å². The predicted octanol–water partition coefficient (Wildman–Crippen LogP) is 3.80. The molecule has 23 heavy (non-hydrogen) atoms. The van der Waals surface area contributed by atoms with Crippen LogP contribution in [0.2, 0.25) is 0 Å². The Morgan fingerprint density at radius 1 is 1.04 bits per heavy atom. The Balaban J connectivity index is 1.69. The summed E-state index contributed by atoms with van der Waals surface area (Å²) in [6.07, 6.45) is 0. The highest BCUT2D eigenvalue weighted by molar-refractivity contribution is 7.83. The lowest BCUT2D eigenvalue weighted by Crippen LogP contribution is -2.00. The summed E-state index contributed by atoms with van der Waals surface area (Å²) in [5.41, 5.74) is 4.24. The van der Waals surface area contributed by atoms with Crippen LogP contribution in [0, 0.1) is 13.8 Å². The van der Waals surface area contributed by atoms with E-state index >= 15 is 0 Å². The first-order valence-corrected chi connectivity index (χ1v) is 8.90. The van der Waals surface area contributed by atoms with E-state index in [4.69, 9.17) is 4.52 Å². The Morgan fingerprint density at radius 3 is 2.65 bits per heavy atom. The van der Waals surface area contributed by atoms with Crippen LogP contribution in [0.15, 0.2) is 53.1 Å². The number of aryl methyl sites for hydroxylation is 2. The molecule has 2 aromatic carbocycles. The molecule has 0 aliphatic rings. The Hall–Kier alpha value is -2.27. The van der Waals surface area contributed by atoms with Gasteiger partial charge in [0.15, 0.2) is 0 Å². The van der Waals surface area contributed by atoms with Crippen molar-refractivity contribution in [2.24, 2.45) is 0 Å². The lowest BCUT2D eigenvalue weighted by Gasteiger charge is -2.01. The molecule has 1 atom stereocenters. The molecule has 0 saturated carbocycles. The summed E-state index contributed by atoms with van der Waals surface area (Å²) in [5.74, 6) is 1.72. The van der Waals surface area contributed by atoms with Gasteiger partial charge >= 0.3 is 0 Å². The molecule has 5 heteroatoms. The first-order chi connectivity index (χ1) is 11.1. The maximum atomic E-state index is 12.3. The quantitative estimate of drug-likeness (QED) is 0.715. The summed E-state index contributed by atoms with van der Waals surface area (Å²) in [7, 11) is -1.07. The lowest BCUT2D eigenvalue weighted by atomic mass is 10.1. The van der Waals surface area contributed by atoms with E-state index in [1.165, 1.54) is 5.56 Å². The maximum absolute atomic E-state index is 12.3. The molecular formula is C18H18N2O2S. The largest absolute Gasteiger partial charge is 0.338 e. The third-order valence-corrected chi connectivity index (χ3v) is 4.77. The van der Waals surface area contributed by atoms with Crippen LogP contribution in [0.3, 0.4) is 0 Å². The SMILES string of the molecule is Cc1cccc(CS(=O)Cc2nc(-c3ccccc3C)no2)c1. The van der Waals surface area contributed by atoms with Gasteiger partial charge in [0.1, 0.15) is 5.75 Å². The van der Waals surface area contributed by atoms with E-state index in [2.05, 4.69) is 10.1 Å². The fourth-order valence-electron chi connectivity index (χ4n) is 2.42. The predicted molar refractivity (Wildman–Crippen MR) is 91.2 cm³/mol. The molecule has 0 saturated heterocycles. The van der Waals surface area contributed by atoms with Gasteiger partial charge in [-0.2, -0.15) is 4.98 Å². The lowest BCUT2D eigenvalue weighted by molar-refractivity contribution is 0.390. The second kappa shape index (κ2) is 6.87. The standard InChI is InChI=1S/C18H18N2O2S/c1-13-6-5-8-15(10-13)11-23(21)12-17-19-18(20-22-17)16-9-4-3-7-14(16)2/h3-10H,11-12H2,1-2H3. The summed E-state index contributed by atoms with van der Waals surface area (Å²) in [6.45, 7) is 4.03. The van der Waals surface area contributed by atoms with Crippen molar-refractivity contribution in [1.29, 1.82) is 0 Å². The summed E-state index contributed by atoms with van der Waals surface area (Å²) >= 11 is 0. The second-order valence-electron chi connectivity index (χ2n) is 5.54. The van der Waals surface area contributed by atoms with Gasteiger partial charge in [0.25, 0.3) is 0 Å². The highest BCUT2D eigenvalue weighted by atomic mass is 32.2. The number of hydrogen-bond donors (Lipinski definition) is 0. The summed E-state index contributed by atoms with van der Waals surface area (Å²) in [5, 5.41) is 4.00. The van der Waals surface area contributed by atoms with Crippen LogP contribution in [-0.2, 0) is 22.3 Å². The topological polar surface area (TPSA) is 56.0 Å². The first-order valence-electron chi connectivity index (χ1n) is 7.41. The average molecular weight is 326 g/mol. The molecular weight excluding hydrogens is 308 g/mol. The molecule has 0 bridgehead atoms. The maximum Gasteiger partial charge on any atom is 0.239 e. The molecule has 0 aliphatic heterocycles. The molecule has 0 spiro atoms. The van der Waals surface area contributed by atoms with Crippen LogP contribution in [-0.4, -0.2) is 14.3 Å². The van der Waals surface area contributed by atoms with Crippen molar-refractivity contribution in [2.75, 3.05) is 0 Å². The van der Waals surface area contributed by atoms with Gasteiger partial charge in [-0.1, -0.05) is 59.3 Å². The van der Waals surface area contributed by atoms with Crippen molar-refractivity contribution < 1.29 is 8.73 Å². The van der Waals surface area contributed by atoms with Crippen molar-refractivity contribution >= 4 is 10.8 Å². The van der Waals surface area contributed by atoms with Crippen molar-refractivity contribution in [2.45, 2.75) is 25.4 Å². The smallest absolute Gasteiger partial charge is 0.239 e. The number of aromatic nitrogens is 2. The van der Waals surface area contributed by atoms with E-state index in [9.17, 15) is 4.21 Å². The summed E-state index contributed by atoms with van der Waals surface area (Å²) in [4.78, 5) is 4.37. The fourth-order valence-corrected chi connectivity index (χ4v) is 3.47. The molecule has 0 aliphatic carbocycles. The van der Waals surface area contributed by atoms with E-state index in [0.29, 0.717) is 17.5 Å². The van der Waals surface area contributed by atoms with E-state index in [0.717, 1.165) is 16.7 Å². The Labute approximate surface area is 138 Å². The molecule has 3 aromatic rings.